The maximum Gasteiger partial charge on any atom is 0.191 e. The molecule has 0 spiro atoms. The molecule has 1 aliphatic heterocycles. The Labute approximate surface area is 137 Å². The lowest BCUT2D eigenvalue weighted by Crippen LogP contribution is -2.41. The van der Waals surface area contributed by atoms with Gasteiger partial charge in [-0.2, -0.15) is 0 Å². The molecule has 1 aromatic rings. The monoisotopic (exact) mass is 324 g/mol. The molecule has 0 bridgehead atoms. The summed E-state index contributed by atoms with van der Waals surface area (Å²) in [6.45, 7) is 6.64. The molecule has 2 rings (SSSR count). The van der Waals surface area contributed by atoms with Crippen molar-refractivity contribution >= 4 is 5.96 Å². The first-order chi connectivity index (χ1) is 11.1. The predicted molar refractivity (Wildman–Crippen MR) is 89.4 cm³/mol. The van der Waals surface area contributed by atoms with E-state index in [1.165, 1.54) is 32.0 Å². The van der Waals surface area contributed by atoms with Crippen LogP contribution in [0.25, 0.3) is 0 Å². The fourth-order valence-corrected chi connectivity index (χ4v) is 2.82. The Bertz CT molecular complexity index is 527. The molecule has 1 aromatic carbocycles. The van der Waals surface area contributed by atoms with Gasteiger partial charge in [0.25, 0.3) is 0 Å². The molecule has 23 heavy (non-hydrogen) atoms. The van der Waals surface area contributed by atoms with E-state index in [9.17, 15) is 8.78 Å². The van der Waals surface area contributed by atoms with Crippen LogP contribution in [-0.4, -0.2) is 44.1 Å². The number of aliphatic imine (C=N–C) groups is 1. The first-order valence-corrected chi connectivity index (χ1v) is 8.19. The van der Waals surface area contributed by atoms with E-state index in [1.54, 1.807) is 7.05 Å². The lowest BCUT2D eigenvalue weighted by molar-refractivity contribution is 0.287. The van der Waals surface area contributed by atoms with Crippen molar-refractivity contribution in [3.63, 3.8) is 0 Å². The Morgan fingerprint density at radius 3 is 2.70 bits per heavy atom. The van der Waals surface area contributed by atoms with Crippen molar-refractivity contribution in [1.82, 2.24) is 15.5 Å². The van der Waals surface area contributed by atoms with Crippen molar-refractivity contribution in [2.45, 2.75) is 26.3 Å². The zero-order valence-corrected chi connectivity index (χ0v) is 13.9. The highest BCUT2D eigenvalue weighted by molar-refractivity contribution is 5.79. The molecule has 128 valence electrons. The summed E-state index contributed by atoms with van der Waals surface area (Å²) >= 11 is 0. The molecule has 4 nitrogen and oxygen atoms in total. The number of halogens is 2. The van der Waals surface area contributed by atoms with E-state index in [-0.39, 0.29) is 12.1 Å². The largest absolute Gasteiger partial charge is 0.356 e. The molecule has 1 unspecified atom stereocenters. The summed E-state index contributed by atoms with van der Waals surface area (Å²) in [6, 6.07) is 3.46. The third-order valence-corrected chi connectivity index (χ3v) is 4.06. The van der Waals surface area contributed by atoms with Crippen LogP contribution in [-0.2, 0) is 6.54 Å². The van der Waals surface area contributed by atoms with Crippen LogP contribution in [0, 0.1) is 17.6 Å². The summed E-state index contributed by atoms with van der Waals surface area (Å²) in [5.41, 5.74) is 0.290. The van der Waals surface area contributed by atoms with Gasteiger partial charge >= 0.3 is 0 Å². The first kappa shape index (κ1) is 17.7. The zero-order valence-electron chi connectivity index (χ0n) is 13.9. The number of nitrogens with one attached hydrogen (secondary N) is 2. The summed E-state index contributed by atoms with van der Waals surface area (Å²) in [5.74, 6) is 0.238. The van der Waals surface area contributed by atoms with Crippen LogP contribution >= 0.6 is 0 Å². The Morgan fingerprint density at radius 1 is 1.26 bits per heavy atom. The SMILES string of the molecule is CN=C(NCc1cc(F)ccc1F)NCC(C)CN1CCCC1. The van der Waals surface area contributed by atoms with Gasteiger partial charge in [-0.3, -0.25) is 4.99 Å². The molecule has 6 heteroatoms. The van der Waals surface area contributed by atoms with Crippen LogP contribution in [0.2, 0.25) is 0 Å². The van der Waals surface area contributed by atoms with Gasteiger partial charge in [0, 0.05) is 32.2 Å². The highest BCUT2D eigenvalue weighted by atomic mass is 19.1. The number of likely N-dealkylation sites (tertiary alicyclic amines) is 1. The molecule has 1 heterocycles. The minimum Gasteiger partial charge on any atom is -0.356 e. The van der Waals surface area contributed by atoms with E-state index < -0.39 is 11.6 Å². The fourth-order valence-electron chi connectivity index (χ4n) is 2.82. The molecule has 1 atom stereocenters. The van der Waals surface area contributed by atoms with Gasteiger partial charge in [0.1, 0.15) is 11.6 Å². The lowest BCUT2D eigenvalue weighted by atomic mass is 10.1. The highest BCUT2D eigenvalue weighted by Gasteiger charge is 2.14. The average molecular weight is 324 g/mol. The summed E-state index contributed by atoms with van der Waals surface area (Å²) in [6.07, 6.45) is 2.59. The third-order valence-electron chi connectivity index (χ3n) is 4.06. The third kappa shape index (κ3) is 5.78. The van der Waals surface area contributed by atoms with Crippen molar-refractivity contribution < 1.29 is 8.78 Å². The van der Waals surface area contributed by atoms with Gasteiger partial charge in [-0.1, -0.05) is 6.92 Å². The molecule has 1 aliphatic rings. The van der Waals surface area contributed by atoms with Crippen LogP contribution in [0.3, 0.4) is 0 Å². The van der Waals surface area contributed by atoms with E-state index in [0.29, 0.717) is 11.9 Å². The first-order valence-electron chi connectivity index (χ1n) is 8.19. The quantitative estimate of drug-likeness (QED) is 0.623. The zero-order chi connectivity index (χ0) is 16.7. The minimum atomic E-state index is -0.439. The molecular formula is C17H26F2N4. The summed E-state index contributed by atoms with van der Waals surface area (Å²) in [7, 11) is 1.67. The standard InChI is InChI=1S/C17H26F2N4/c1-13(12-23-7-3-4-8-23)10-21-17(20-2)22-11-14-9-15(18)5-6-16(14)19/h5-6,9,13H,3-4,7-8,10-12H2,1-2H3,(H2,20,21,22). The Kier molecular flexibility index (Phi) is 6.77. The van der Waals surface area contributed by atoms with E-state index in [0.717, 1.165) is 25.2 Å². The van der Waals surface area contributed by atoms with Crippen LogP contribution in [0.1, 0.15) is 25.3 Å². The Hall–Kier alpha value is -1.69. The summed E-state index contributed by atoms with van der Waals surface area (Å²) in [5, 5.41) is 6.26. The number of nitrogens with zero attached hydrogens (tertiary/aromatic N) is 2. The average Bonchev–Trinajstić information content (AvgIpc) is 3.03. The molecule has 1 fully saturated rings. The van der Waals surface area contributed by atoms with Crippen LogP contribution in [0.15, 0.2) is 23.2 Å². The molecule has 1 saturated heterocycles. The van der Waals surface area contributed by atoms with Crippen molar-refractivity contribution in [1.29, 1.82) is 0 Å². The molecule has 0 aliphatic carbocycles. The van der Waals surface area contributed by atoms with E-state index in [1.807, 2.05) is 0 Å². The molecule has 0 aromatic heterocycles. The van der Waals surface area contributed by atoms with Gasteiger partial charge in [0.15, 0.2) is 5.96 Å². The number of hydrogen-bond acceptors (Lipinski definition) is 2. The number of benzene rings is 1. The van der Waals surface area contributed by atoms with Crippen molar-refractivity contribution in [3.8, 4) is 0 Å². The van der Waals surface area contributed by atoms with Crippen molar-refractivity contribution in [2.75, 3.05) is 33.2 Å². The maximum atomic E-state index is 13.6. The van der Waals surface area contributed by atoms with Crippen LogP contribution < -0.4 is 10.6 Å². The van der Waals surface area contributed by atoms with Gasteiger partial charge in [-0.15, -0.1) is 0 Å². The lowest BCUT2D eigenvalue weighted by Gasteiger charge is -2.21. The van der Waals surface area contributed by atoms with E-state index in [4.69, 9.17) is 0 Å². The van der Waals surface area contributed by atoms with Crippen LogP contribution in [0.4, 0.5) is 8.78 Å². The highest BCUT2D eigenvalue weighted by Crippen LogP contribution is 2.10. The molecule has 0 amide bonds. The van der Waals surface area contributed by atoms with Gasteiger partial charge in [-0.25, -0.2) is 8.78 Å². The number of hydrogen-bond donors (Lipinski definition) is 2. The smallest absolute Gasteiger partial charge is 0.191 e. The van der Waals surface area contributed by atoms with Gasteiger partial charge in [0.2, 0.25) is 0 Å². The molecule has 2 N–H and O–H groups in total. The van der Waals surface area contributed by atoms with E-state index >= 15 is 0 Å². The Morgan fingerprint density at radius 2 is 2.00 bits per heavy atom. The minimum absolute atomic E-state index is 0.198. The maximum absolute atomic E-state index is 13.6. The normalized spacial score (nSPS) is 17.3. The van der Waals surface area contributed by atoms with E-state index in [2.05, 4.69) is 27.4 Å². The van der Waals surface area contributed by atoms with Gasteiger partial charge < -0.3 is 15.5 Å². The second-order valence-electron chi connectivity index (χ2n) is 6.16. The number of guanidine groups is 1. The van der Waals surface area contributed by atoms with Gasteiger partial charge in [0.05, 0.1) is 0 Å². The second-order valence-corrected chi connectivity index (χ2v) is 6.16. The second kappa shape index (κ2) is 8.82. The van der Waals surface area contributed by atoms with Crippen molar-refractivity contribution in [2.24, 2.45) is 10.9 Å². The summed E-state index contributed by atoms with van der Waals surface area (Å²) in [4.78, 5) is 6.60. The van der Waals surface area contributed by atoms with Gasteiger partial charge in [-0.05, 0) is 50.0 Å². The van der Waals surface area contributed by atoms with Crippen LogP contribution in [0.5, 0.6) is 0 Å². The topological polar surface area (TPSA) is 39.7 Å². The summed E-state index contributed by atoms with van der Waals surface area (Å²) < 4.78 is 26.7. The van der Waals surface area contributed by atoms with Crippen molar-refractivity contribution in [3.05, 3.63) is 35.4 Å². The number of rotatable bonds is 6. The predicted octanol–water partition coefficient (Wildman–Crippen LogP) is 2.36. The fraction of sp³-hybridized carbons (Fsp3) is 0.588. The molecular weight excluding hydrogens is 298 g/mol. The molecule has 0 radical (unpaired) electrons. The molecule has 0 saturated carbocycles. The Balaban J connectivity index is 1.75.